The summed E-state index contributed by atoms with van der Waals surface area (Å²) in [6, 6.07) is 4.93. The average Bonchev–Trinajstić information content (AvgIpc) is 3.19. The molecule has 0 aliphatic carbocycles. The van der Waals surface area contributed by atoms with Gasteiger partial charge in [-0.15, -0.1) is 5.10 Å². The highest BCUT2D eigenvalue weighted by Gasteiger charge is 2.37. The van der Waals surface area contributed by atoms with Gasteiger partial charge in [0.2, 0.25) is 5.91 Å². The van der Waals surface area contributed by atoms with Crippen molar-refractivity contribution in [3.05, 3.63) is 47.5 Å². The second-order valence-corrected chi connectivity index (χ2v) is 6.65. The van der Waals surface area contributed by atoms with Gasteiger partial charge in [-0.2, -0.15) is 0 Å². The van der Waals surface area contributed by atoms with Gasteiger partial charge in [0.1, 0.15) is 5.82 Å². The van der Waals surface area contributed by atoms with Crippen LogP contribution in [0.3, 0.4) is 0 Å². The van der Waals surface area contributed by atoms with Crippen LogP contribution in [0, 0.1) is 12.7 Å². The Morgan fingerprint density at radius 3 is 3.04 bits per heavy atom. The Hall–Kier alpha value is -2.32. The summed E-state index contributed by atoms with van der Waals surface area (Å²) in [5.74, 6) is -0.421. The van der Waals surface area contributed by atoms with E-state index < -0.39 is 5.60 Å². The van der Waals surface area contributed by atoms with Gasteiger partial charge in [-0.3, -0.25) is 9.69 Å². The van der Waals surface area contributed by atoms with E-state index in [0.29, 0.717) is 31.6 Å². The van der Waals surface area contributed by atoms with Crippen molar-refractivity contribution in [3.63, 3.8) is 0 Å². The average molecular weight is 347 g/mol. The predicted octanol–water partition coefficient (Wildman–Crippen LogP) is 0.479. The van der Waals surface area contributed by atoms with Gasteiger partial charge in [0.15, 0.2) is 0 Å². The number of aliphatic hydroxyl groups is 1. The Labute approximate surface area is 145 Å². The normalized spacial score (nSPS) is 20.8. The smallest absolute Gasteiger partial charge is 0.234 e. The van der Waals surface area contributed by atoms with Crippen LogP contribution in [0.1, 0.15) is 17.5 Å². The minimum absolute atomic E-state index is 0.147. The fourth-order valence-corrected chi connectivity index (χ4v) is 3.03. The molecule has 0 radical (unpaired) electrons. The van der Waals surface area contributed by atoms with Crippen LogP contribution in [-0.2, 0) is 17.9 Å². The van der Waals surface area contributed by atoms with Gasteiger partial charge in [-0.1, -0.05) is 17.3 Å². The van der Waals surface area contributed by atoms with Crippen LogP contribution in [0.4, 0.5) is 4.39 Å². The SMILES string of the molecule is Cc1ccc(CNC(=O)CN2CCC(O)(Cn3ccnn3)C2)cc1F. The minimum Gasteiger partial charge on any atom is -0.387 e. The van der Waals surface area contributed by atoms with Crippen molar-refractivity contribution in [1.29, 1.82) is 0 Å². The van der Waals surface area contributed by atoms with Crippen LogP contribution in [0.15, 0.2) is 30.6 Å². The highest BCUT2D eigenvalue weighted by atomic mass is 19.1. The van der Waals surface area contributed by atoms with E-state index in [1.807, 2.05) is 4.90 Å². The number of halogens is 1. The van der Waals surface area contributed by atoms with Crippen LogP contribution in [0.2, 0.25) is 0 Å². The first-order valence-electron chi connectivity index (χ1n) is 8.24. The van der Waals surface area contributed by atoms with Gasteiger partial charge < -0.3 is 10.4 Å². The molecule has 1 saturated heterocycles. The first-order valence-corrected chi connectivity index (χ1v) is 8.24. The highest BCUT2D eigenvalue weighted by molar-refractivity contribution is 5.78. The number of nitrogens with zero attached hydrogens (tertiary/aromatic N) is 4. The number of benzene rings is 1. The van der Waals surface area contributed by atoms with Crippen molar-refractivity contribution in [1.82, 2.24) is 25.2 Å². The molecule has 1 fully saturated rings. The van der Waals surface area contributed by atoms with Crippen molar-refractivity contribution < 1.29 is 14.3 Å². The number of nitrogens with one attached hydrogen (secondary N) is 1. The summed E-state index contributed by atoms with van der Waals surface area (Å²) in [6.45, 7) is 3.58. The third-order valence-corrected chi connectivity index (χ3v) is 4.43. The summed E-state index contributed by atoms with van der Waals surface area (Å²) in [7, 11) is 0. The van der Waals surface area contributed by atoms with E-state index in [1.165, 1.54) is 6.07 Å². The number of rotatable bonds is 6. The molecular weight excluding hydrogens is 325 g/mol. The molecule has 0 saturated carbocycles. The van der Waals surface area contributed by atoms with Gasteiger partial charge in [0.25, 0.3) is 0 Å². The number of β-amino-alcohol motifs (C(OH)–C–C–N with tert-alkyl or cyclic N) is 1. The Morgan fingerprint density at radius 1 is 1.48 bits per heavy atom. The zero-order valence-corrected chi connectivity index (χ0v) is 14.2. The number of likely N-dealkylation sites (tertiary alicyclic amines) is 1. The lowest BCUT2D eigenvalue weighted by atomic mass is 10.0. The monoisotopic (exact) mass is 347 g/mol. The Bertz CT molecular complexity index is 737. The molecule has 0 bridgehead atoms. The van der Waals surface area contributed by atoms with Crippen molar-refractivity contribution in [2.75, 3.05) is 19.6 Å². The third-order valence-electron chi connectivity index (χ3n) is 4.43. The minimum atomic E-state index is -0.909. The molecule has 1 aliphatic heterocycles. The molecule has 1 aromatic carbocycles. The van der Waals surface area contributed by atoms with E-state index in [4.69, 9.17) is 0 Å². The number of amides is 1. The summed E-state index contributed by atoms with van der Waals surface area (Å²) < 4.78 is 15.1. The van der Waals surface area contributed by atoms with Gasteiger partial charge in [-0.05, 0) is 30.5 Å². The van der Waals surface area contributed by atoms with Gasteiger partial charge >= 0.3 is 0 Å². The van der Waals surface area contributed by atoms with E-state index in [9.17, 15) is 14.3 Å². The van der Waals surface area contributed by atoms with E-state index in [1.54, 1.807) is 36.1 Å². The molecule has 134 valence electrons. The molecule has 1 amide bonds. The third kappa shape index (κ3) is 4.61. The quantitative estimate of drug-likeness (QED) is 0.794. The lowest BCUT2D eigenvalue weighted by Crippen LogP contribution is -2.41. The molecule has 1 unspecified atom stereocenters. The van der Waals surface area contributed by atoms with Gasteiger partial charge in [-0.25, -0.2) is 9.07 Å². The van der Waals surface area contributed by atoms with E-state index in [0.717, 1.165) is 5.56 Å². The molecule has 7 nitrogen and oxygen atoms in total. The van der Waals surface area contributed by atoms with Crippen LogP contribution >= 0.6 is 0 Å². The van der Waals surface area contributed by atoms with Gasteiger partial charge in [0, 0.05) is 25.8 Å². The van der Waals surface area contributed by atoms with Crippen LogP contribution in [-0.4, -0.2) is 56.1 Å². The maximum atomic E-state index is 13.5. The first-order chi connectivity index (χ1) is 11.9. The number of carbonyl (C=O) groups excluding carboxylic acids is 1. The molecule has 0 spiro atoms. The first kappa shape index (κ1) is 17.5. The molecule has 2 aromatic rings. The summed E-state index contributed by atoms with van der Waals surface area (Å²) in [4.78, 5) is 14.0. The molecule has 8 heteroatoms. The van der Waals surface area contributed by atoms with Crippen LogP contribution in [0.25, 0.3) is 0 Å². The second-order valence-electron chi connectivity index (χ2n) is 6.65. The number of carbonyl (C=O) groups is 1. The predicted molar refractivity (Wildman–Crippen MR) is 89.0 cm³/mol. The summed E-state index contributed by atoms with van der Waals surface area (Å²) >= 11 is 0. The number of aryl methyl sites for hydroxylation is 1. The number of aromatic nitrogens is 3. The Morgan fingerprint density at radius 2 is 2.32 bits per heavy atom. The van der Waals surface area contributed by atoms with E-state index >= 15 is 0 Å². The zero-order valence-electron chi connectivity index (χ0n) is 14.2. The molecule has 3 rings (SSSR count). The van der Waals surface area contributed by atoms with Crippen molar-refractivity contribution in [3.8, 4) is 0 Å². The largest absolute Gasteiger partial charge is 0.387 e. The molecule has 1 aliphatic rings. The Kier molecular flexibility index (Phi) is 5.10. The molecule has 2 N–H and O–H groups in total. The van der Waals surface area contributed by atoms with Crippen molar-refractivity contribution in [2.24, 2.45) is 0 Å². The summed E-state index contributed by atoms with van der Waals surface area (Å²) in [5, 5.41) is 21.0. The standard InChI is InChI=1S/C17H22FN5O2/c1-13-2-3-14(8-15(13)18)9-19-16(24)10-22-6-4-17(25,11-22)12-23-7-5-20-21-23/h2-3,5,7-8,25H,4,6,9-12H2,1H3,(H,19,24). The fourth-order valence-electron chi connectivity index (χ4n) is 3.03. The number of hydrogen-bond donors (Lipinski definition) is 2. The fraction of sp³-hybridized carbons (Fsp3) is 0.471. The second kappa shape index (κ2) is 7.28. The lowest BCUT2D eigenvalue weighted by Gasteiger charge is -2.22. The zero-order chi connectivity index (χ0) is 17.9. The highest BCUT2D eigenvalue weighted by Crippen LogP contribution is 2.22. The summed E-state index contributed by atoms with van der Waals surface area (Å²) in [5.41, 5.74) is 0.396. The maximum Gasteiger partial charge on any atom is 0.234 e. The molecule has 2 heterocycles. The molecule has 1 aromatic heterocycles. The van der Waals surface area contributed by atoms with Gasteiger partial charge in [0.05, 0.1) is 24.9 Å². The van der Waals surface area contributed by atoms with Crippen molar-refractivity contribution >= 4 is 5.91 Å². The van der Waals surface area contributed by atoms with E-state index in [2.05, 4.69) is 15.6 Å². The van der Waals surface area contributed by atoms with E-state index in [-0.39, 0.29) is 24.8 Å². The Balaban J connectivity index is 1.46. The van der Waals surface area contributed by atoms with Crippen LogP contribution < -0.4 is 5.32 Å². The molecule has 25 heavy (non-hydrogen) atoms. The molecular formula is C17H22FN5O2. The van der Waals surface area contributed by atoms with Crippen molar-refractivity contribution in [2.45, 2.75) is 32.0 Å². The lowest BCUT2D eigenvalue weighted by molar-refractivity contribution is -0.122. The maximum absolute atomic E-state index is 13.5. The topological polar surface area (TPSA) is 83.3 Å². The van der Waals surface area contributed by atoms with Crippen LogP contribution in [0.5, 0.6) is 0 Å². The molecule has 1 atom stereocenters. The summed E-state index contributed by atoms with van der Waals surface area (Å²) in [6.07, 6.45) is 3.84. The number of hydrogen-bond acceptors (Lipinski definition) is 5.